The highest BCUT2D eigenvalue weighted by Gasteiger charge is 2.12. The van der Waals surface area contributed by atoms with Crippen LogP contribution in [0, 0.1) is 0 Å². The lowest BCUT2D eigenvalue weighted by Crippen LogP contribution is -2.36. The Morgan fingerprint density at radius 3 is 2.41 bits per heavy atom. The molecule has 0 aromatic heterocycles. The summed E-state index contributed by atoms with van der Waals surface area (Å²) in [6.45, 7) is -2.55. The molecule has 0 fully saturated rings. The molecule has 0 radical (unpaired) electrons. The summed E-state index contributed by atoms with van der Waals surface area (Å²) < 4.78 is 55.1. The maximum atomic E-state index is 12.6. The van der Waals surface area contributed by atoms with Crippen LogP contribution in [0.4, 0.5) is 14.5 Å². The number of alkyl halides is 2. The molecule has 0 saturated carbocycles. The van der Waals surface area contributed by atoms with Crippen molar-refractivity contribution in [3.63, 3.8) is 0 Å². The Kier molecular flexibility index (Phi) is 8.03. The Morgan fingerprint density at radius 1 is 1.14 bits per heavy atom. The molecule has 29 heavy (non-hydrogen) atoms. The van der Waals surface area contributed by atoms with Crippen molar-refractivity contribution < 1.29 is 21.9 Å². The summed E-state index contributed by atoms with van der Waals surface area (Å²) in [6, 6.07) is 11.3. The van der Waals surface area contributed by atoms with E-state index in [9.17, 15) is 17.2 Å². The van der Waals surface area contributed by atoms with Gasteiger partial charge in [-0.15, -0.1) is 0 Å². The van der Waals surface area contributed by atoms with Gasteiger partial charge in [0.2, 0.25) is 10.0 Å². The third-order valence-corrected chi connectivity index (χ3v) is 4.49. The quantitative estimate of drug-likeness (QED) is 0.428. The highest BCUT2D eigenvalue weighted by Crippen LogP contribution is 2.24. The van der Waals surface area contributed by atoms with Crippen LogP contribution in [0.15, 0.2) is 47.5 Å². The molecule has 0 amide bonds. The topological polar surface area (TPSA) is 91.8 Å². The van der Waals surface area contributed by atoms with Crippen LogP contribution in [0.3, 0.4) is 0 Å². The molecule has 0 bridgehead atoms. The highest BCUT2D eigenvalue weighted by molar-refractivity contribution is 7.92. The first-order valence-corrected chi connectivity index (χ1v) is 10.7. The van der Waals surface area contributed by atoms with Crippen molar-refractivity contribution in [3.05, 3.63) is 58.6 Å². The summed E-state index contributed by atoms with van der Waals surface area (Å²) in [7, 11) is -1.87. The number of ether oxygens (including phenoxy) is 1. The van der Waals surface area contributed by atoms with Crippen LogP contribution in [-0.2, 0) is 23.1 Å². The SMILES string of the molecule is CN=C(NCc1ccccc1NS(C)(=O)=O)NCc1cc(Cl)ccc1OC(F)F. The Balaban J connectivity index is 2.04. The minimum Gasteiger partial charge on any atom is -0.434 e. The van der Waals surface area contributed by atoms with Gasteiger partial charge in [-0.05, 0) is 29.8 Å². The zero-order valence-electron chi connectivity index (χ0n) is 15.7. The minimum absolute atomic E-state index is 0.00931. The number of nitrogens with one attached hydrogen (secondary N) is 3. The van der Waals surface area contributed by atoms with Gasteiger partial charge in [0.25, 0.3) is 0 Å². The average molecular weight is 447 g/mol. The Labute approximate surface area is 173 Å². The van der Waals surface area contributed by atoms with E-state index in [-0.39, 0.29) is 18.8 Å². The van der Waals surface area contributed by atoms with E-state index in [0.29, 0.717) is 27.8 Å². The highest BCUT2D eigenvalue weighted by atomic mass is 35.5. The fourth-order valence-corrected chi connectivity index (χ4v) is 3.24. The van der Waals surface area contributed by atoms with E-state index >= 15 is 0 Å². The lowest BCUT2D eigenvalue weighted by molar-refractivity contribution is -0.0504. The third kappa shape index (κ3) is 7.74. The molecule has 2 aromatic carbocycles. The fraction of sp³-hybridized carbons (Fsp3) is 0.278. The number of anilines is 1. The number of rotatable bonds is 8. The van der Waals surface area contributed by atoms with Crippen molar-refractivity contribution in [1.82, 2.24) is 10.6 Å². The second kappa shape index (κ2) is 10.3. The summed E-state index contributed by atoms with van der Waals surface area (Å²) in [6.07, 6.45) is 1.07. The summed E-state index contributed by atoms with van der Waals surface area (Å²) in [5.74, 6) is 0.386. The largest absolute Gasteiger partial charge is 0.434 e. The number of nitrogens with zero attached hydrogens (tertiary/aromatic N) is 1. The van der Waals surface area contributed by atoms with Crippen molar-refractivity contribution >= 4 is 33.3 Å². The second-order valence-corrected chi connectivity index (χ2v) is 8.13. The van der Waals surface area contributed by atoms with Gasteiger partial charge in [0.15, 0.2) is 5.96 Å². The minimum atomic E-state index is -3.42. The smallest absolute Gasteiger partial charge is 0.387 e. The fourth-order valence-electron chi connectivity index (χ4n) is 2.45. The lowest BCUT2D eigenvalue weighted by atomic mass is 10.2. The molecule has 0 atom stereocenters. The molecule has 2 rings (SSSR count). The van der Waals surface area contributed by atoms with Gasteiger partial charge >= 0.3 is 6.61 Å². The molecule has 3 N–H and O–H groups in total. The van der Waals surface area contributed by atoms with E-state index in [2.05, 4.69) is 25.1 Å². The first kappa shape index (κ1) is 22.7. The van der Waals surface area contributed by atoms with Gasteiger partial charge < -0.3 is 15.4 Å². The number of aliphatic imine (C=N–C) groups is 1. The summed E-state index contributed by atoms with van der Waals surface area (Å²) >= 11 is 5.94. The van der Waals surface area contributed by atoms with Crippen LogP contribution in [0.5, 0.6) is 5.75 Å². The van der Waals surface area contributed by atoms with E-state index < -0.39 is 16.6 Å². The number of para-hydroxylation sites is 1. The van der Waals surface area contributed by atoms with Gasteiger partial charge in [0.1, 0.15) is 5.75 Å². The lowest BCUT2D eigenvalue weighted by Gasteiger charge is -2.16. The van der Waals surface area contributed by atoms with E-state index in [1.54, 1.807) is 31.3 Å². The number of halogens is 3. The van der Waals surface area contributed by atoms with Gasteiger partial charge in [-0.1, -0.05) is 29.8 Å². The molecule has 0 aliphatic carbocycles. The number of sulfonamides is 1. The Bertz CT molecular complexity index is 971. The molecular weight excluding hydrogens is 426 g/mol. The van der Waals surface area contributed by atoms with Gasteiger partial charge in [0, 0.05) is 30.7 Å². The molecule has 158 valence electrons. The summed E-state index contributed by atoms with van der Waals surface area (Å²) in [5.41, 5.74) is 1.57. The molecule has 0 saturated heterocycles. The first-order valence-electron chi connectivity index (χ1n) is 8.41. The van der Waals surface area contributed by atoms with Crippen LogP contribution in [0.1, 0.15) is 11.1 Å². The van der Waals surface area contributed by atoms with Crippen molar-refractivity contribution in [3.8, 4) is 5.75 Å². The molecule has 0 aliphatic rings. The molecule has 2 aromatic rings. The maximum Gasteiger partial charge on any atom is 0.387 e. The standard InChI is InChI=1S/C18H21ClF2N4O3S/c1-22-18(23-10-12-5-3-4-6-15(12)25-29(2,26)27)24-11-13-9-14(19)7-8-16(13)28-17(20)21/h3-9,17,25H,10-11H2,1-2H3,(H2,22,23,24). The van der Waals surface area contributed by atoms with Gasteiger partial charge in [-0.2, -0.15) is 8.78 Å². The Morgan fingerprint density at radius 2 is 1.79 bits per heavy atom. The first-order chi connectivity index (χ1) is 13.7. The number of hydrogen-bond acceptors (Lipinski definition) is 4. The van der Waals surface area contributed by atoms with Crippen LogP contribution < -0.4 is 20.1 Å². The molecule has 11 heteroatoms. The average Bonchev–Trinajstić information content (AvgIpc) is 2.63. The van der Waals surface area contributed by atoms with Gasteiger partial charge in [-0.3, -0.25) is 9.71 Å². The van der Waals surface area contributed by atoms with Crippen molar-refractivity contribution in [2.45, 2.75) is 19.7 Å². The normalized spacial score (nSPS) is 12.0. The van der Waals surface area contributed by atoms with Gasteiger partial charge in [-0.25, -0.2) is 8.42 Å². The van der Waals surface area contributed by atoms with Crippen molar-refractivity contribution in [2.24, 2.45) is 4.99 Å². The maximum absolute atomic E-state index is 12.6. The number of benzene rings is 2. The zero-order valence-corrected chi connectivity index (χ0v) is 17.3. The molecule has 0 heterocycles. The van der Waals surface area contributed by atoms with E-state index in [1.165, 1.54) is 18.2 Å². The van der Waals surface area contributed by atoms with Crippen LogP contribution in [0.25, 0.3) is 0 Å². The van der Waals surface area contributed by atoms with Crippen molar-refractivity contribution in [2.75, 3.05) is 18.0 Å². The molecule has 7 nitrogen and oxygen atoms in total. The molecule has 0 spiro atoms. The van der Waals surface area contributed by atoms with Crippen LogP contribution >= 0.6 is 11.6 Å². The summed E-state index contributed by atoms with van der Waals surface area (Å²) in [5, 5.41) is 6.40. The van der Waals surface area contributed by atoms with E-state index in [0.717, 1.165) is 6.26 Å². The number of hydrogen-bond donors (Lipinski definition) is 3. The van der Waals surface area contributed by atoms with Crippen molar-refractivity contribution in [1.29, 1.82) is 0 Å². The van der Waals surface area contributed by atoms with E-state index in [1.807, 2.05) is 0 Å². The summed E-state index contributed by atoms with van der Waals surface area (Å²) in [4.78, 5) is 4.07. The monoisotopic (exact) mass is 446 g/mol. The second-order valence-electron chi connectivity index (χ2n) is 5.94. The molecule has 0 unspecified atom stereocenters. The molecular formula is C18H21ClF2N4O3S. The van der Waals surface area contributed by atoms with Gasteiger partial charge in [0.05, 0.1) is 11.9 Å². The van der Waals surface area contributed by atoms with Crippen LogP contribution in [0.2, 0.25) is 5.02 Å². The Hall–Kier alpha value is -2.59. The predicted octanol–water partition coefficient (Wildman–Crippen LogP) is 3.18. The molecule has 0 aliphatic heterocycles. The van der Waals surface area contributed by atoms with E-state index in [4.69, 9.17) is 11.6 Å². The van der Waals surface area contributed by atoms with Crippen LogP contribution in [-0.4, -0.2) is 34.3 Å². The number of guanidine groups is 1. The third-order valence-electron chi connectivity index (χ3n) is 3.67. The zero-order chi connectivity index (χ0) is 21.4. The predicted molar refractivity (Wildman–Crippen MR) is 110 cm³/mol.